The van der Waals surface area contributed by atoms with Gasteiger partial charge in [-0.05, 0) is 36.4 Å². The Morgan fingerprint density at radius 2 is 2.29 bits per heavy atom. The van der Waals surface area contributed by atoms with Gasteiger partial charge in [0.05, 0.1) is 3.57 Å². The average Bonchev–Trinajstić information content (AvgIpc) is 2.15. The summed E-state index contributed by atoms with van der Waals surface area (Å²) in [5.41, 5.74) is 5.57. The van der Waals surface area contributed by atoms with Gasteiger partial charge in [0.1, 0.15) is 12.1 Å². The van der Waals surface area contributed by atoms with Crippen molar-refractivity contribution in [2.45, 2.75) is 19.9 Å². The Balaban J connectivity index is 2.93. The number of anilines is 1. The summed E-state index contributed by atoms with van der Waals surface area (Å²) in [6.45, 7) is 5.73. The lowest BCUT2D eigenvalue weighted by atomic mass is 10.3. The molecule has 0 aromatic carbocycles. The maximum absolute atomic E-state index is 5.57. The normalized spacial score (nSPS) is 10.6. The van der Waals surface area contributed by atoms with Crippen LogP contribution in [-0.2, 0) is 0 Å². The van der Waals surface area contributed by atoms with Crippen molar-refractivity contribution in [3.8, 4) is 0 Å². The van der Waals surface area contributed by atoms with Gasteiger partial charge < -0.3 is 10.6 Å². The Hall–Kier alpha value is -0.430. The maximum atomic E-state index is 5.57. The molecule has 0 atom stereocenters. The number of hydrogen-bond acceptors (Lipinski definition) is 4. The Labute approximate surface area is 98.1 Å². The van der Waals surface area contributed by atoms with Crippen molar-refractivity contribution < 1.29 is 0 Å². The molecule has 1 aromatic rings. The molecular weight excluding hydrogens is 291 g/mol. The van der Waals surface area contributed by atoms with Gasteiger partial charge in [0.15, 0.2) is 0 Å². The highest BCUT2D eigenvalue weighted by Crippen LogP contribution is 2.19. The highest BCUT2D eigenvalue weighted by molar-refractivity contribution is 14.1. The third-order valence-electron chi connectivity index (χ3n) is 1.91. The lowest BCUT2D eigenvalue weighted by molar-refractivity contribution is 0.671. The predicted octanol–water partition coefficient (Wildman–Crippen LogP) is 1.25. The van der Waals surface area contributed by atoms with Crippen LogP contribution in [0.3, 0.4) is 0 Å². The van der Waals surface area contributed by atoms with Crippen LogP contribution in [0, 0.1) is 3.57 Å². The zero-order chi connectivity index (χ0) is 10.6. The van der Waals surface area contributed by atoms with Crippen LogP contribution < -0.4 is 10.6 Å². The molecule has 0 saturated carbocycles. The van der Waals surface area contributed by atoms with Crippen molar-refractivity contribution in [2.24, 2.45) is 5.73 Å². The first kappa shape index (κ1) is 11.6. The van der Waals surface area contributed by atoms with Crippen LogP contribution in [0.5, 0.6) is 0 Å². The summed E-state index contributed by atoms with van der Waals surface area (Å²) in [5, 5.41) is 0. The Kier molecular flexibility index (Phi) is 4.53. The van der Waals surface area contributed by atoms with E-state index in [-0.39, 0.29) is 0 Å². The SMILES string of the molecule is CC(C)N(CCN)c1ncncc1I. The van der Waals surface area contributed by atoms with Crippen LogP contribution in [0.4, 0.5) is 5.82 Å². The van der Waals surface area contributed by atoms with Crippen molar-refractivity contribution in [1.82, 2.24) is 9.97 Å². The molecule has 0 spiro atoms. The quantitative estimate of drug-likeness (QED) is 0.851. The van der Waals surface area contributed by atoms with Gasteiger partial charge in [0.2, 0.25) is 0 Å². The van der Waals surface area contributed by atoms with Crippen LogP contribution in [0.25, 0.3) is 0 Å². The van der Waals surface area contributed by atoms with Crippen molar-refractivity contribution in [2.75, 3.05) is 18.0 Å². The Bertz CT molecular complexity index is 290. The summed E-state index contributed by atoms with van der Waals surface area (Å²) in [6, 6.07) is 0.405. The minimum atomic E-state index is 0.405. The van der Waals surface area contributed by atoms with E-state index in [0.29, 0.717) is 12.6 Å². The number of aromatic nitrogens is 2. The topological polar surface area (TPSA) is 55.0 Å². The molecule has 0 radical (unpaired) electrons. The van der Waals surface area contributed by atoms with E-state index in [1.807, 2.05) is 6.20 Å². The fourth-order valence-electron chi connectivity index (χ4n) is 1.27. The summed E-state index contributed by atoms with van der Waals surface area (Å²) in [5.74, 6) is 0.973. The lowest BCUT2D eigenvalue weighted by Crippen LogP contribution is -2.36. The molecule has 4 nitrogen and oxygen atoms in total. The first-order valence-corrected chi connectivity index (χ1v) is 5.67. The second kappa shape index (κ2) is 5.45. The zero-order valence-electron chi connectivity index (χ0n) is 8.44. The summed E-state index contributed by atoms with van der Waals surface area (Å²) in [4.78, 5) is 10.4. The van der Waals surface area contributed by atoms with Gasteiger partial charge in [-0.3, -0.25) is 0 Å². The monoisotopic (exact) mass is 306 g/mol. The van der Waals surface area contributed by atoms with E-state index in [4.69, 9.17) is 5.73 Å². The first-order chi connectivity index (χ1) is 6.66. The Morgan fingerprint density at radius 1 is 1.57 bits per heavy atom. The van der Waals surface area contributed by atoms with E-state index in [1.165, 1.54) is 0 Å². The smallest absolute Gasteiger partial charge is 0.145 e. The van der Waals surface area contributed by atoms with Crippen molar-refractivity contribution in [3.05, 3.63) is 16.1 Å². The Morgan fingerprint density at radius 3 is 2.79 bits per heavy atom. The standard InChI is InChI=1S/C9H15IN4/c1-7(2)14(4-3-11)9-8(10)5-12-6-13-9/h5-7H,3-4,11H2,1-2H3. The van der Waals surface area contributed by atoms with Gasteiger partial charge in [-0.15, -0.1) is 0 Å². The van der Waals surface area contributed by atoms with Crippen LogP contribution in [0.15, 0.2) is 12.5 Å². The molecule has 0 aliphatic heterocycles. The molecule has 1 heterocycles. The molecular formula is C9H15IN4. The first-order valence-electron chi connectivity index (χ1n) is 4.59. The molecule has 14 heavy (non-hydrogen) atoms. The zero-order valence-corrected chi connectivity index (χ0v) is 10.6. The molecule has 0 fully saturated rings. The molecule has 2 N–H and O–H groups in total. The molecule has 0 aliphatic carbocycles. The second-order valence-corrected chi connectivity index (χ2v) is 4.43. The molecule has 0 saturated heterocycles. The number of halogens is 1. The maximum Gasteiger partial charge on any atom is 0.145 e. The lowest BCUT2D eigenvalue weighted by Gasteiger charge is -2.27. The molecule has 0 amide bonds. The van der Waals surface area contributed by atoms with E-state index in [9.17, 15) is 0 Å². The highest BCUT2D eigenvalue weighted by Gasteiger charge is 2.13. The van der Waals surface area contributed by atoms with Crippen LogP contribution >= 0.6 is 22.6 Å². The van der Waals surface area contributed by atoms with E-state index in [2.05, 4.69) is 51.3 Å². The molecule has 1 aromatic heterocycles. The summed E-state index contributed by atoms with van der Waals surface area (Å²) < 4.78 is 1.06. The van der Waals surface area contributed by atoms with E-state index >= 15 is 0 Å². The van der Waals surface area contributed by atoms with Gasteiger partial charge in [-0.2, -0.15) is 0 Å². The molecule has 0 unspecified atom stereocenters. The van der Waals surface area contributed by atoms with Gasteiger partial charge in [0.25, 0.3) is 0 Å². The summed E-state index contributed by atoms with van der Waals surface area (Å²) in [7, 11) is 0. The van der Waals surface area contributed by atoms with Gasteiger partial charge in [-0.1, -0.05) is 0 Å². The fraction of sp³-hybridized carbons (Fsp3) is 0.556. The predicted molar refractivity (Wildman–Crippen MR) is 66.3 cm³/mol. The highest BCUT2D eigenvalue weighted by atomic mass is 127. The second-order valence-electron chi connectivity index (χ2n) is 3.27. The van der Waals surface area contributed by atoms with E-state index in [0.717, 1.165) is 15.9 Å². The number of hydrogen-bond donors (Lipinski definition) is 1. The molecule has 0 bridgehead atoms. The molecule has 0 aliphatic rings. The van der Waals surface area contributed by atoms with Gasteiger partial charge >= 0.3 is 0 Å². The van der Waals surface area contributed by atoms with Gasteiger partial charge in [0, 0.05) is 25.3 Å². The third kappa shape index (κ3) is 2.78. The van der Waals surface area contributed by atoms with Crippen LogP contribution in [0.1, 0.15) is 13.8 Å². The molecule has 5 heteroatoms. The largest absolute Gasteiger partial charge is 0.352 e. The summed E-state index contributed by atoms with van der Waals surface area (Å²) in [6.07, 6.45) is 3.39. The van der Waals surface area contributed by atoms with Gasteiger partial charge in [-0.25, -0.2) is 9.97 Å². The number of nitrogens with two attached hydrogens (primary N) is 1. The minimum absolute atomic E-state index is 0.405. The summed E-state index contributed by atoms with van der Waals surface area (Å²) >= 11 is 2.24. The number of nitrogens with zero attached hydrogens (tertiary/aromatic N) is 3. The van der Waals surface area contributed by atoms with E-state index < -0.39 is 0 Å². The van der Waals surface area contributed by atoms with Crippen LogP contribution in [0.2, 0.25) is 0 Å². The fourth-order valence-corrected chi connectivity index (χ4v) is 1.88. The van der Waals surface area contributed by atoms with Crippen molar-refractivity contribution in [1.29, 1.82) is 0 Å². The van der Waals surface area contributed by atoms with E-state index in [1.54, 1.807) is 6.33 Å². The number of rotatable bonds is 4. The molecule has 1 rings (SSSR count). The third-order valence-corrected chi connectivity index (χ3v) is 2.67. The average molecular weight is 306 g/mol. The minimum Gasteiger partial charge on any atom is -0.352 e. The van der Waals surface area contributed by atoms with Crippen molar-refractivity contribution in [3.63, 3.8) is 0 Å². The molecule has 78 valence electrons. The van der Waals surface area contributed by atoms with Crippen LogP contribution in [-0.4, -0.2) is 29.1 Å². The van der Waals surface area contributed by atoms with Crippen molar-refractivity contribution >= 4 is 28.4 Å².